The van der Waals surface area contributed by atoms with Crippen molar-refractivity contribution in [2.45, 2.75) is 58.7 Å². The quantitative estimate of drug-likeness (QED) is 0.563. The van der Waals surface area contributed by atoms with Crippen LogP contribution in [0.4, 0.5) is 4.39 Å². The molecule has 0 saturated carbocycles. The monoisotopic (exact) mass is 338 g/mol. The number of hydrogen-bond acceptors (Lipinski definition) is 4. The highest BCUT2D eigenvalue weighted by Gasteiger charge is 2.53. The maximum atomic E-state index is 15.2. The first kappa shape index (κ1) is 19.2. The first-order valence-corrected chi connectivity index (χ1v) is 8.49. The predicted octanol–water partition coefficient (Wildman–Crippen LogP) is 3.55. The van der Waals surface area contributed by atoms with E-state index in [1.165, 1.54) is 0 Å². The molecule has 1 aliphatic heterocycles. The Labute approximate surface area is 144 Å². The Morgan fingerprint density at radius 2 is 1.88 bits per heavy atom. The minimum absolute atomic E-state index is 0.401. The molecule has 24 heavy (non-hydrogen) atoms. The van der Waals surface area contributed by atoms with Gasteiger partial charge in [0, 0.05) is 25.4 Å². The van der Waals surface area contributed by atoms with E-state index in [1.807, 2.05) is 34.6 Å². The maximum absolute atomic E-state index is 15.2. The molecule has 1 fully saturated rings. The van der Waals surface area contributed by atoms with Crippen LogP contribution in [0.3, 0.4) is 0 Å². The molecule has 0 unspecified atom stereocenters. The molecule has 0 N–H and O–H groups in total. The molecule has 0 aromatic carbocycles. The Bertz CT molecular complexity index is 582. The van der Waals surface area contributed by atoms with Gasteiger partial charge in [0.1, 0.15) is 5.73 Å². The van der Waals surface area contributed by atoms with Crippen LogP contribution >= 0.6 is 0 Å². The molecule has 134 valence electrons. The van der Waals surface area contributed by atoms with Gasteiger partial charge in [0.25, 0.3) is 0 Å². The first-order chi connectivity index (χ1) is 11.2. The lowest BCUT2D eigenvalue weighted by molar-refractivity contribution is 0.00578. The molecule has 0 aliphatic carbocycles. The van der Waals surface area contributed by atoms with Crippen molar-refractivity contribution in [2.24, 2.45) is 7.05 Å². The fourth-order valence-corrected chi connectivity index (χ4v) is 2.49. The third-order valence-electron chi connectivity index (χ3n) is 4.65. The molecule has 5 nitrogen and oxygen atoms in total. The van der Waals surface area contributed by atoms with Crippen LogP contribution in [0.1, 0.15) is 53.0 Å². The first-order valence-electron chi connectivity index (χ1n) is 8.49. The summed E-state index contributed by atoms with van der Waals surface area (Å²) < 4.78 is 34.1. The molecule has 1 saturated heterocycles. The van der Waals surface area contributed by atoms with E-state index in [0.717, 1.165) is 12.0 Å². The lowest BCUT2D eigenvalue weighted by Crippen LogP contribution is -2.41. The SMILES string of the molecule is CCCOCCC(=C(F)B1OC(C)(C)C(C)(C)O1)c1cnn(C)c1. The topological polar surface area (TPSA) is 45.5 Å². The summed E-state index contributed by atoms with van der Waals surface area (Å²) in [4.78, 5) is 0. The number of nitrogens with zero attached hydrogens (tertiary/aromatic N) is 2. The number of rotatable bonds is 7. The Morgan fingerprint density at radius 1 is 1.25 bits per heavy atom. The van der Waals surface area contributed by atoms with Gasteiger partial charge >= 0.3 is 7.12 Å². The number of halogens is 1. The molecule has 2 heterocycles. The molecule has 0 bridgehead atoms. The number of ether oxygens (including phenoxy) is 1. The van der Waals surface area contributed by atoms with Gasteiger partial charge in [-0.15, -0.1) is 0 Å². The Kier molecular flexibility index (Phi) is 5.89. The van der Waals surface area contributed by atoms with Crippen molar-refractivity contribution in [1.29, 1.82) is 0 Å². The lowest BCUT2D eigenvalue weighted by atomic mass is 9.82. The fourth-order valence-electron chi connectivity index (χ4n) is 2.49. The molecular weight excluding hydrogens is 310 g/mol. The molecule has 7 heteroatoms. The van der Waals surface area contributed by atoms with E-state index in [-0.39, 0.29) is 0 Å². The third kappa shape index (κ3) is 4.07. The van der Waals surface area contributed by atoms with Crippen LogP contribution in [0.5, 0.6) is 0 Å². The van der Waals surface area contributed by atoms with Crippen molar-refractivity contribution < 1.29 is 18.4 Å². The van der Waals surface area contributed by atoms with E-state index in [4.69, 9.17) is 14.0 Å². The van der Waals surface area contributed by atoms with Crippen LogP contribution < -0.4 is 0 Å². The zero-order chi connectivity index (χ0) is 18.0. The number of aryl methyl sites for hydroxylation is 1. The van der Waals surface area contributed by atoms with Crippen LogP contribution in [-0.4, -0.2) is 41.3 Å². The summed E-state index contributed by atoms with van der Waals surface area (Å²) in [7, 11) is 0.804. The third-order valence-corrected chi connectivity index (χ3v) is 4.65. The minimum Gasteiger partial charge on any atom is -0.398 e. The van der Waals surface area contributed by atoms with Gasteiger partial charge in [-0.2, -0.15) is 5.10 Å². The fraction of sp³-hybridized carbons (Fsp3) is 0.706. The van der Waals surface area contributed by atoms with Gasteiger partial charge in [-0.1, -0.05) is 6.92 Å². The normalized spacial score (nSPS) is 20.4. The second-order valence-electron chi connectivity index (χ2n) is 7.18. The van der Waals surface area contributed by atoms with Crippen molar-refractivity contribution in [3.63, 3.8) is 0 Å². The largest absolute Gasteiger partial charge is 0.525 e. The Balaban J connectivity index is 2.25. The van der Waals surface area contributed by atoms with E-state index in [0.29, 0.717) is 25.2 Å². The molecule has 1 aliphatic rings. The van der Waals surface area contributed by atoms with Gasteiger partial charge in [-0.3, -0.25) is 4.68 Å². The van der Waals surface area contributed by atoms with Crippen LogP contribution in [0.15, 0.2) is 18.1 Å². The van der Waals surface area contributed by atoms with Crippen molar-refractivity contribution >= 4 is 12.7 Å². The zero-order valence-electron chi connectivity index (χ0n) is 15.6. The Hall–Kier alpha value is -1.18. The molecule has 1 aromatic heterocycles. The van der Waals surface area contributed by atoms with Crippen LogP contribution in [0.25, 0.3) is 5.57 Å². The average Bonchev–Trinajstić information content (AvgIpc) is 3.00. The minimum atomic E-state index is -1.00. The smallest absolute Gasteiger partial charge is 0.398 e. The summed E-state index contributed by atoms with van der Waals surface area (Å²) in [6.45, 7) is 10.8. The molecule has 0 radical (unpaired) electrons. The van der Waals surface area contributed by atoms with Crippen molar-refractivity contribution in [1.82, 2.24) is 9.78 Å². The van der Waals surface area contributed by atoms with Crippen molar-refractivity contribution in [3.8, 4) is 0 Å². The molecular formula is C17H28BFN2O3. The van der Waals surface area contributed by atoms with E-state index < -0.39 is 24.0 Å². The van der Waals surface area contributed by atoms with Crippen LogP contribution in [0.2, 0.25) is 0 Å². The van der Waals surface area contributed by atoms with Gasteiger partial charge in [0.05, 0.1) is 24.0 Å². The number of aromatic nitrogens is 2. The van der Waals surface area contributed by atoms with Gasteiger partial charge in [-0.25, -0.2) is 4.39 Å². The van der Waals surface area contributed by atoms with Gasteiger partial charge in [0.15, 0.2) is 0 Å². The highest BCUT2D eigenvalue weighted by molar-refractivity contribution is 6.55. The summed E-state index contributed by atoms with van der Waals surface area (Å²) in [6.07, 6.45) is 4.83. The van der Waals surface area contributed by atoms with E-state index in [2.05, 4.69) is 5.10 Å². The second-order valence-corrected chi connectivity index (χ2v) is 7.18. The molecule has 0 atom stereocenters. The second kappa shape index (κ2) is 7.37. The molecule has 1 aromatic rings. The van der Waals surface area contributed by atoms with E-state index in [9.17, 15) is 0 Å². The summed E-state index contributed by atoms with van der Waals surface area (Å²) in [5, 5.41) is 4.14. The van der Waals surface area contributed by atoms with Crippen LogP contribution in [-0.2, 0) is 21.1 Å². The maximum Gasteiger partial charge on any atom is 0.525 e. The highest BCUT2D eigenvalue weighted by Crippen LogP contribution is 2.40. The van der Waals surface area contributed by atoms with Gasteiger partial charge < -0.3 is 14.0 Å². The lowest BCUT2D eigenvalue weighted by Gasteiger charge is -2.32. The molecule has 0 spiro atoms. The van der Waals surface area contributed by atoms with Crippen molar-refractivity contribution in [3.05, 3.63) is 23.7 Å². The Morgan fingerprint density at radius 3 is 2.38 bits per heavy atom. The highest BCUT2D eigenvalue weighted by atomic mass is 19.1. The summed E-state index contributed by atoms with van der Waals surface area (Å²) >= 11 is 0. The summed E-state index contributed by atoms with van der Waals surface area (Å²) in [5.74, 6) is 0. The van der Waals surface area contributed by atoms with E-state index >= 15 is 4.39 Å². The van der Waals surface area contributed by atoms with Crippen molar-refractivity contribution in [2.75, 3.05) is 13.2 Å². The average molecular weight is 338 g/mol. The standard InChI is InChI=1S/C17H28BFN2O3/c1-7-9-22-10-8-14(13-11-20-21(6)12-13)15(19)18-23-16(2,3)17(4,5)24-18/h11-12H,7-10H2,1-6H3. The summed E-state index contributed by atoms with van der Waals surface area (Å²) in [6, 6.07) is 0. The number of hydrogen-bond donors (Lipinski definition) is 0. The van der Waals surface area contributed by atoms with Crippen LogP contribution in [0, 0.1) is 0 Å². The summed E-state index contributed by atoms with van der Waals surface area (Å²) in [5.41, 5.74) is -0.300. The zero-order valence-corrected chi connectivity index (χ0v) is 15.6. The van der Waals surface area contributed by atoms with Gasteiger partial charge in [0.2, 0.25) is 0 Å². The molecule has 2 rings (SSSR count). The van der Waals surface area contributed by atoms with Gasteiger partial charge in [-0.05, 0) is 46.1 Å². The molecule has 0 amide bonds. The van der Waals surface area contributed by atoms with E-state index in [1.54, 1.807) is 24.1 Å². The predicted molar refractivity (Wildman–Crippen MR) is 93.0 cm³/mol.